The van der Waals surface area contributed by atoms with E-state index in [1.54, 1.807) is 0 Å². The quantitative estimate of drug-likeness (QED) is 0.533. The third-order valence-electron chi connectivity index (χ3n) is 2.26. The van der Waals surface area contributed by atoms with Gasteiger partial charge in [0.1, 0.15) is 6.04 Å². The number of hydrogen-bond donors (Lipinski definition) is 3. The van der Waals surface area contributed by atoms with Gasteiger partial charge in [-0.15, -0.1) is 0 Å². The normalized spacial score (nSPS) is 13.5. The second kappa shape index (κ2) is 7.32. The number of aliphatic carboxylic acids is 1. The number of carbonyl (C=O) groups is 2. The van der Waals surface area contributed by atoms with Crippen LogP contribution in [0, 0.1) is 5.92 Å². The summed E-state index contributed by atoms with van der Waals surface area (Å²) in [7, 11) is -3.65. The molecule has 0 aromatic heterocycles. The Labute approximate surface area is 107 Å². The fraction of sp³-hybridized carbons (Fsp3) is 0.800. The molecule has 0 saturated heterocycles. The van der Waals surface area contributed by atoms with E-state index in [4.69, 9.17) is 10.8 Å². The Morgan fingerprint density at radius 3 is 2.22 bits per heavy atom. The predicted molar refractivity (Wildman–Crippen MR) is 66.2 cm³/mol. The second-order valence-electron chi connectivity index (χ2n) is 4.52. The van der Waals surface area contributed by atoms with Crippen molar-refractivity contribution in [2.75, 3.05) is 5.75 Å². The molecule has 0 spiro atoms. The molecule has 8 heteroatoms. The molecule has 7 nitrogen and oxygen atoms in total. The number of primary amides is 1. The molecule has 0 unspecified atom stereocenters. The number of amides is 1. The van der Waals surface area contributed by atoms with Crippen LogP contribution in [-0.4, -0.2) is 37.2 Å². The summed E-state index contributed by atoms with van der Waals surface area (Å²) in [4.78, 5) is 21.4. The van der Waals surface area contributed by atoms with E-state index in [1.807, 2.05) is 13.8 Å². The topological polar surface area (TPSA) is 127 Å². The lowest BCUT2D eigenvalue weighted by molar-refractivity contribution is -0.139. The molecular weight excluding hydrogens is 260 g/mol. The molecule has 0 heterocycles. The highest BCUT2D eigenvalue weighted by molar-refractivity contribution is 7.89. The lowest BCUT2D eigenvalue weighted by Gasteiger charge is -2.14. The zero-order valence-corrected chi connectivity index (χ0v) is 11.4. The van der Waals surface area contributed by atoms with Crippen LogP contribution in [0.15, 0.2) is 0 Å². The molecule has 1 amide bonds. The molecule has 4 N–H and O–H groups in total. The monoisotopic (exact) mass is 280 g/mol. The average molecular weight is 280 g/mol. The fourth-order valence-electron chi connectivity index (χ4n) is 1.19. The Morgan fingerprint density at radius 1 is 1.28 bits per heavy atom. The molecule has 0 aliphatic rings. The molecule has 0 aromatic rings. The van der Waals surface area contributed by atoms with Crippen molar-refractivity contribution in [2.24, 2.45) is 11.7 Å². The number of carboxylic acid groups (broad SMARTS) is 1. The van der Waals surface area contributed by atoms with Crippen LogP contribution in [0.4, 0.5) is 0 Å². The third-order valence-corrected chi connectivity index (χ3v) is 3.68. The first-order valence-electron chi connectivity index (χ1n) is 5.65. The molecular formula is C10H20N2O5S. The van der Waals surface area contributed by atoms with Crippen molar-refractivity contribution in [3.8, 4) is 0 Å². The third kappa shape index (κ3) is 8.02. The number of rotatable bonds is 9. The van der Waals surface area contributed by atoms with Crippen molar-refractivity contribution in [2.45, 2.75) is 39.2 Å². The van der Waals surface area contributed by atoms with Gasteiger partial charge in [-0.3, -0.25) is 9.59 Å². The van der Waals surface area contributed by atoms with Crippen molar-refractivity contribution in [3.63, 3.8) is 0 Å². The van der Waals surface area contributed by atoms with Crippen LogP contribution in [0.3, 0.4) is 0 Å². The number of nitrogens with one attached hydrogen (secondary N) is 1. The number of hydrogen-bond acceptors (Lipinski definition) is 4. The van der Waals surface area contributed by atoms with Crippen LogP contribution in [0.5, 0.6) is 0 Å². The smallest absolute Gasteiger partial charge is 0.321 e. The van der Waals surface area contributed by atoms with Gasteiger partial charge in [0.2, 0.25) is 15.9 Å². The van der Waals surface area contributed by atoms with Crippen molar-refractivity contribution in [1.82, 2.24) is 4.72 Å². The van der Waals surface area contributed by atoms with Gasteiger partial charge in [0.25, 0.3) is 0 Å². The highest BCUT2D eigenvalue weighted by atomic mass is 32.2. The summed E-state index contributed by atoms with van der Waals surface area (Å²) in [6, 6.07) is -1.31. The zero-order valence-electron chi connectivity index (χ0n) is 10.5. The number of nitrogens with two attached hydrogens (primary N) is 1. The minimum absolute atomic E-state index is 0.134. The first kappa shape index (κ1) is 16.9. The van der Waals surface area contributed by atoms with Gasteiger partial charge in [0.15, 0.2) is 0 Å². The lowest BCUT2D eigenvalue weighted by Crippen LogP contribution is -2.42. The average Bonchev–Trinajstić information content (AvgIpc) is 2.21. The van der Waals surface area contributed by atoms with E-state index in [-0.39, 0.29) is 24.5 Å². The van der Waals surface area contributed by atoms with Gasteiger partial charge in [-0.1, -0.05) is 13.8 Å². The molecule has 0 rings (SSSR count). The van der Waals surface area contributed by atoms with Gasteiger partial charge < -0.3 is 10.8 Å². The first-order chi connectivity index (χ1) is 8.14. The first-order valence-corrected chi connectivity index (χ1v) is 7.30. The number of sulfonamides is 1. The molecule has 0 saturated carbocycles. The van der Waals surface area contributed by atoms with Crippen LogP contribution >= 0.6 is 0 Å². The van der Waals surface area contributed by atoms with Gasteiger partial charge in [-0.05, 0) is 18.8 Å². The summed E-state index contributed by atoms with van der Waals surface area (Å²) in [5.41, 5.74) is 4.89. The van der Waals surface area contributed by atoms with Crippen LogP contribution in [0.2, 0.25) is 0 Å². The standard InChI is InChI=1S/C10H20N2O5S/c1-7(2)5-6-18(16,17)12-8(10(14)15)3-4-9(11)13/h7-8,12H,3-6H2,1-2H3,(H2,11,13)(H,14,15)/t8-/m1/s1. The summed E-state index contributed by atoms with van der Waals surface area (Å²) in [6.45, 7) is 3.74. The van der Waals surface area contributed by atoms with Gasteiger partial charge in [-0.25, -0.2) is 13.1 Å². The summed E-state index contributed by atoms with van der Waals surface area (Å²) in [6.07, 6.45) is 0.118. The molecule has 0 aliphatic heterocycles. The Balaban J connectivity index is 4.47. The molecule has 18 heavy (non-hydrogen) atoms. The highest BCUT2D eigenvalue weighted by Gasteiger charge is 2.24. The Bertz CT molecular complexity index is 391. The SMILES string of the molecule is CC(C)CCS(=O)(=O)N[C@H](CCC(N)=O)C(=O)O. The molecule has 0 bridgehead atoms. The highest BCUT2D eigenvalue weighted by Crippen LogP contribution is 2.05. The van der Waals surface area contributed by atoms with Gasteiger partial charge in [0.05, 0.1) is 5.75 Å². The van der Waals surface area contributed by atoms with E-state index in [9.17, 15) is 18.0 Å². The molecule has 1 atom stereocenters. The van der Waals surface area contributed by atoms with Crippen molar-refractivity contribution < 1.29 is 23.1 Å². The van der Waals surface area contributed by atoms with Crippen LogP contribution < -0.4 is 10.5 Å². The molecule has 0 fully saturated rings. The van der Waals surface area contributed by atoms with E-state index in [0.29, 0.717) is 6.42 Å². The predicted octanol–water partition coefficient (Wildman–Crippen LogP) is -0.329. The number of carbonyl (C=O) groups excluding carboxylic acids is 1. The summed E-state index contributed by atoms with van der Waals surface area (Å²) < 4.78 is 25.3. The fourth-order valence-corrected chi connectivity index (χ4v) is 2.74. The van der Waals surface area contributed by atoms with E-state index < -0.39 is 27.9 Å². The molecule has 106 valence electrons. The Hall–Kier alpha value is -1.15. The Morgan fingerprint density at radius 2 is 1.83 bits per heavy atom. The van der Waals surface area contributed by atoms with Gasteiger partial charge in [-0.2, -0.15) is 0 Å². The Kier molecular flexibility index (Phi) is 6.85. The van der Waals surface area contributed by atoms with Crippen molar-refractivity contribution >= 4 is 21.9 Å². The summed E-state index contributed by atoms with van der Waals surface area (Å²) in [5, 5.41) is 8.85. The summed E-state index contributed by atoms with van der Waals surface area (Å²) in [5.74, 6) is -1.91. The van der Waals surface area contributed by atoms with Crippen molar-refractivity contribution in [3.05, 3.63) is 0 Å². The van der Waals surface area contributed by atoms with Gasteiger partial charge in [0, 0.05) is 6.42 Å². The number of carboxylic acids is 1. The minimum Gasteiger partial charge on any atom is -0.480 e. The van der Waals surface area contributed by atoms with E-state index >= 15 is 0 Å². The van der Waals surface area contributed by atoms with Gasteiger partial charge >= 0.3 is 5.97 Å². The van der Waals surface area contributed by atoms with Crippen LogP contribution in [0.25, 0.3) is 0 Å². The lowest BCUT2D eigenvalue weighted by atomic mass is 10.2. The molecule has 0 radical (unpaired) electrons. The van der Waals surface area contributed by atoms with E-state index in [1.165, 1.54) is 0 Å². The maximum Gasteiger partial charge on any atom is 0.321 e. The van der Waals surface area contributed by atoms with Crippen LogP contribution in [-0.2, 0) is 19.6 Å². The maximum atomic E-state index is 11.6. The molecule has 0 aliphatic carbocycles. The maximum absolute atomic E-state index is 11.6. The summed E-state index contributed by atoms with van der Waals surface area (Å²) >= 11 is 0. The minimum atomic E-state index is -3.65. The second-order valence-corrected chi connectivity index (χ2v) is 6.39. The van der Waals surface area contributed by atoms with E-state index in [0.717, 1.165) is 0 Å². The zero-order chi connectivity index (χ0) is 14.3. The van der Waals surface area contributed by atoms with Crippen molar-refractivity contribution in [1.29, 1.82) is 0 Å². The molecule has 0 aromatic carbocycles. The van der Waals surface area contributed by atoms with E-state index in [2.05, 4.69) is 4.72 Å². The largest absolute Gasteiger partial charge is 0.480 e. The van der Waals surface area contributed by atoms with Crippen LogP contribution in [0.1, 0.15) is 33.1 Å².